The van der Waals surface area contributed by atoms with Crippen LogP contribution in [0, 0.1) is 6.92 Å². The molecule has 0 bridgehead atoms. The van der Waals surface area contributed by atoms with Crippen LogP contribution in [0.15, 0.2) is 30.3 Å². The Morgan fingerprint density at radius 1 is 1.37 bits per heavy atom. The quantitative estimate of drug-likeness (QED) is 0.913. The molecule has 19 heavy (non-hydrogen) atoms. The van der Waals surface area contributed by atoms with Crippen molar-refractivity contribution >= 4 is 17.2 Å². The predicted molar refractivity (Wildman–Crippen MR) is 75.2 cm³/mol. The van der Waals surface area contributed by atoms with Gasteiger partial charge in [-0.3, -0.25) is 4.79 Å². The van der Waals surface area contributed by atoms with Gasteiger partial charge < -0.3 is 10.1 Å². The summed E-state index contributed by atoms with van der Waals surface area (Å²) in [6.07, 6.45) is 0. The van der Waals surface area contributed by atoms with Gasteiger partial charge in [-0.1, -0.05) is 30.3 Å². The lowest BCUT2D eigenvalue weighted by molar-refractivity contribution is 0.0954. The topological polar surface area (TPSA) is 51.2 Å². The summed E-state index contributed by atoms with van der Waals surface area (Å²) in [5.41, 5.74) is 1.83. The Kier molecular flexibility index (Phi) is 4.65. The number of aromatic nitrogens is 1. The van der Waals surface area contributed by atoms with Gasteiger partial charge in [0.2, 0.25) is 0 Å². The van der Waals surface area contributed by atoms with Crippen molar-refractivity contribution in [2.45, 2.75) is 20.1 Å². The van der Waals surface area contributed by atoms with E-state index in [2.05, 4.69) is 10.3 Å². The molecule has 0 aliphatic carbocycles. The average molecular weight is 276 g/mol. The molecule has 4 nitrogen and oxygen atoms in total. The second kappa shape index (κ2) is 6.45. The van der Waals surface area contributed by atoms with E-state index >= 15 is 0 Å². The number of carbonyl (C=O) groups excluding carboxylic acids is 1. The van der Waals surface area contributed by atoms with E-state index in [9.17, 15) is 4.79 Å². The van der Waals surface area contributed by atoms with E-state index in [1.54, 1.807) is 7.11 Å². The zero-order valence-electron chi connectivity index (χ0n) is 11.0. The minimum Gasteiger partial charge on any atom is -0.378 e. The van der Waals surface area contributed by atoms with Gasteiger partial charge in [0.25, 0.3) is 5.91 Å². The fraction of sp³-hybridized carbons (Fsp3) is 0.286. The Balaban J connectivity index is 2.00. The summed E-state index contributed by atoms with van der Waals surface area (Å²) >= 11 is 1.38. The van der Waals surface area contributed by atoms with Gasteiger partial charge in [-0.25, -0.2) is 4.98 Å². The Morgan fingerprint density at radius 3 is 2.79 bits per heavy atom. The van der Waals surface area contributed by atoms with Gasteiger partial charge in [-0.15, -0.1) is 11.3 Å². The van der Waals surface area contributed by atoms with E-state index in [0.717, 1.165) is 16.3 Å². The molecule has 0 fully saturated rings. The number of thiazole rings is 1. The number of methoxy groups -OCH3 is 1. The van der Waals surface area contributed by atoms with Crippen LogP contribution in [0.2, 0.25) is 0 Å². The maximum absolute atomic E-state index is 12.1. The summed E-state index contributed by atoms with van der Waals surface area (Å²) in [5.74, 6) is -0.0822. The molecule has 2 aromatic rings. The number of benzene rings is 1. The molecule has 0 saturated heterocycles. The van der Waals surface area contributed by atoms with Crippen molar-refractivity contribution in [3.8, 4) is 0 Å². The number of carbonyl (C=O) groups is 1. The van der Waals surface area contributed by atoms with E-state index in [1.165, 1.54) is 11.3 Å². The zero-order chi connectivity index (χ0) is 13.7. The van der Waals surface area contributed by atoms with Gasteiger partial charge in [0.1, 0.15) is 9.88 Å². The van der Waals surface area contributed by atoms with Crippen LogP contribution in [-0.2, 0) is 17.9 Å². The van der Waals surface area contributed by atoms with Crippen LogP contribution in [0.25, 0.3) is 0 Å². The molecule has 1 N–H and O–H groups in total. The molecular weight excluding hydrogens is 260 g/mol. The number of nitrogens with zero attached hydrogens (tertiary/aromatic N) is 1. The molecule has 1 aromatic heterocycles. The van der Waals surface area contributed by atoms with Crippen molar-refractivity contribution in [2.75, 3.05) is 7.11 Å². The summed E-state index contributed by atoms with van der Waals surface area (Å²) in [7, 11) is 1.62. The fourth-order valence-electron chi connectivity index (χ4n) is 1.71. The molecule has 1 aromatic carbocycles. The summed E-state index contributed by atoms with van der Waals surface area (Å²) < 4.78 is 5.02. The van der Waals surface area contributed by atoms with E-state index in [4.69, 9.17) is 4.74 Å². The molecule has 100 valence electrons. The van der Waals surface area contributed by atoms with Crippen molar-refractivity contribution in [2.24, 2.45) is 0 Å². The van der Waals surface area contributed by atoms with Crippen LogP contribution in [-0.4, -0.2) is 18.0 Å². The third-order valence-corrected chi connectivity index (χ3v) is 3.74. The van der Waals surface area contributed by atoms with Gasteiger partial charge in [0.15, 0.2) is 0 Å². The van der Waals surface area contributed by atoms with E-state index < -0.39 is 0 Å². The first-order chi connectivity index (χ1) is 9.20. The highest BCUT2D eigenvalue weighted by atomic mass is 32.1. The number of hydrogen-bond donors (Lipinski definition) is 1. The molecule has 2 rings (SSSR count). The van der Waals surface area contributed by atoms with Crippen LogP contribution < -0.4 is 5.32 Å². The summed E-state index contributed by atoms with van der Waals surface area (Å²) in [4.78, 5) is 17.0. The SMILES string of the molecule is COCc1nc(C)c(C(=O)NCc2ccccc2)s1. The normalized spacial score (nSPS) is 10.4. The van der Waals surface area contributed by atoms with Crippen molar-refractivity contribution in [1.82, 2.24) is 10.3 Å². The first kappa shape index (κ1) is 13.7. The molecule has 0 atom stereocenters. The lowest BCUT2D eigenvalue weighted by Gasteiger charge is -2.03. The lowest BCUT2D eigenvalue weighted by Crippen LogP contribution is -2.22. The smallest absolute Gasteiger partial charge is 0.263 e. The van der Waals surface area contributed by atoms with E-state index in [0.29, 0.717) is 18.0 Å². The van der Waals surface area contributed by atoms with Crippen molar-refractivity contribution in [3.63, 3.8) is 0 Å². The maximum Gasteiger partial charge on any atom is 0.263 e. The van der Waals surface area contributed by atoms with E-state index in [1.807, 2.05) is 37.3 Å². The van der Waals surface area contributed by atoms with Crippen molar-refractivity contribution in [3.05, 3.63) is 51.5 Å². The lowest BCUT2D eigenvalue weighted by atomic mass is 10.2. The fourth-order valence-corrected chi connectivity index (χ4v) is 2.66. The highest BCUT2D eigenvalue weighted by Crippen LogP contribution is 2.18. The molecule has 0 unspecified atom stereocenters. The second-order valence-corrected chi connectivity index (χ2v) is 5.21. The monoisotopic (exact) mass is 276 g/mol. The number of hydrogen-bond acceptors (Lipinski definition) is 4. The Labute approximate surface area is 116 Å². The largest absolute Gasteiger partial charge is 0.378 e. The first-order valence-electron chi connectivity index (χ1n) is 5.98. The minimum atomic E-state index is -0.0822. The Bertz CT molecular complexity index is 552. The Morgan fingerprint density at radius 2 is 2.11 bits per heavy atom. The van der Waals surface area contributed by atoms with Gasteiger partial charge in [-0.05, 0) is 12.5 Å². The zero-order valence-corrected chi connectivity index (χ0v) is 11.8. The van der Waals surface area contributed by atoms with Crippen molar-refractivity contribution in [1.29, 1.82) is 0 Å². The van der Waals surface area contributed by atoms with Gasteiger partial charge in [0, 0.05) is 13.7 Å². The van der Waals surface area contributed by atoms with Crippen LogP contribution in [0.1, 0.15) is 25.9 Å². The van der Waals surface area contributed by atoms with Crippen LogP contribution >= 0.6 is 11.3 Å². The highest BCUT2D eigenvalue weighted by molar-refractivity contribution is 7.13. The van der Waals surface area contributed by atoms with Crippen LogP contribution in [0.4, 0.5) is 0 Å². The second-order valence-electron chi connectivity index (χ2n) is 4.12. The molecular formula is C14H16N2O2S. The number of nitrogens with one attached hydrogen (secondary N) is 1. The highest BCUT2D eigenvalue weighted by Gasteiger charge is 2.14. The van der Waals surface area contributed by atoms with Gasteiger partial charge >= 0.3 is 0 Å². The molecule has 1 amide bonds. The molecule has 5 heteroatoms. The maximum atomic E-state index is 12.1. The summed E-state index contributed by atoms with van der Waals surface area (Å²) in [6, 6.07) is 9.83. The van der Waals surface area contributed by atoms with Crippen LogP contribution in [0.5, 0.6) is 0 Å². The minimum absolute atomic E-state index is 0.0822. The number of rotatable bonds is 5. The predicted octanol–water partition coefficient (Wildman–Crippen LogP) is 2.53. The summed E-state index contributed by atoms with van der Waals surface area (Å²) in [5, 5.41) is 3.73. The molecule has 0 spiro atoms. The van der Waals surface area contributed by atoms with Gasteiger partial charge in [0.05, 0.1) is 12.3 Å². The molecule has 1 heterocycles. The third kappa shape index (κ3) is 3.62. The number of aryl methyl sites for hydroxylation is 1. The third-order valence-electron chi connectivity index (χ3n) is 2.61. The summed E-state index contributed by atoms with van der Waals surface area (Å²) in [6.45, 7) is 2.81. The molecule has 0 radical (unpaired) electrons. The first-order valence-corrected chi connectivity index (χ1v) is 6.79. The standard InChI is InChI=1S/C14H16N2O2S/c1-10-13(19-12(16-10)9-18-2)14(17)15-8-11-6-4-3-5-7-11/h3-7H,8-9H2,1-2H3,(H,15,17). The molecule has 0 saturated carbocycles. The average Bonchev–Trinajstić information content (AvgIpc) is 2.79. The number of amides is 1. The Hall–Kier alpha value is -1.72. The number of ether oxygens (including phenoxy) is 1. The van der Waals surface area contributed by atoms with Gasteiger partial charge in [-0.2, -0.15) is 0 Å². The van der Waals surface area contributed by atoms with E-state index in [-0.39, 0.29) is 5.91 Å². The molecule has 0 aliphatic heterocycles. The van der Waals surface area contributed by atoms with Crippen LogP contribution in [0.3, 0.4) is 0 Å². The molecule has 0 aliphatic rings. The van der Waals surface area contributed by atoms with Crippen molar-refractivity contribution < 1.29 is 9.53 Å².